The Bertz CT molecular complexity index is 595. The van der Waals surface area contributed by atoms with E-state index in [1.54, 1.807) is 7.05 Å². The van der Waals surface area contributed by atoms with Gasteiger partial charge in [0.05, 0.1) is 10.7 Å². The van der Waals surface area contributed by atoms with Crippen molar-refractivity contribution in [3.8, 4) is 11.3 Å². The minimum absolute atomic E-state index is 0.0134. The zero-order valence-electron chi connectivity index (χ0n) is 8.82. The topological polar surface area (TPSA) is 55.1 Å². The number of rotatable bonds is 2. The summed E-state index contributed by atoms with van der Waals surface area (Å²) in [5.41, 5.74) is 1.10. The second-order valence-corrected chi connectivity index (χ2v) is 3.88. The van der Waals surface area contributed by atoms with Gasteiger partial charge in [0.2, 0.25) is 0 Å². The van der Waals surface area contributed by atoms with Crippen LogP contribution in [0, 0.1) is 5.82 Å². The van der Waals surface area contributed by atoms with Gasteiger partial charge in [-0.2, -0.15) is 5.10 Å². The molecule has 0 atom stereocenters. The van der Waals surface area contributed by atoms with Crippen LogP contribution in [0.5, 0.6) is 0 Å². The predicted octanol–water partition coefficient (Wildman–Crippen LogP) is 2.58. The van der Waals surface area contributed by atoms with Gasteiger partial charge < -0.3 is 5.11 Å². The van der Waals surface area contributed by atoms with E-state index in [2.05, 4.69) is 5.10 Å². The summed E-state index contributed by atoms with van der Waals surface area (Å²) < 4.78 is 14.4. The van der Waals surface area contributed by atoms with Crippen molar-refractivity contribution in [3.63, 3.8) is 0 Å². The first kappa shape index (κ1) is 11.6. The van der Waals surface area contributed by atoms with Gasteiger partial charge in [0, 0.05) is 12.6 Å². The van der Waals surface area contributed by atoms with Crippen molar-refractivity contribution in [2.45, 2.75) is 0 Å². The minimum Gasteiger partial charge on any atom is -0.476 e. The molecule has 1 aromatic carbocycles. The Morgan fingerprint density at radius 3 is 2.71 bits per heavy atom. The second-order valence-electron chi connectivity index (χ2n) is 3.47. The van der Waals surface area contributed by atoms with Crippen LogP contribution in [0.1, 0.15) is 10.5 Å². The molecule has 88 valence electrons. The van der Waals surface area contributed by atoms with Crippen LogP contribution in [0.25, 0.3) is 11.3 Å². The molecule has 0 aliphatic carbocycles. The van der Waals surface area contributed by atoms with Gasteiger partial charge in [-0.1, -0.05) is 11.6 Å². The highest BCUT2D eigenvalue weighted by Crippen LogP contribution is 2.25. The number of carboxylic acid groups (broad SMARTS) is 1. The average Bonchev–Trinajstić information content (AvgIpc) is 2.65. The zero-order valence-corrected chi connectivity index (χ0v) is 9.57. The summed E-state index contributed by atoms with van der Waals surface area (Å²) in [5, 5.41) is 12.6. The molecule has 1 heterocycles. The fourth-order valence-corrected chi connectivity index (χ4v) is 1.68. The molecule has 4 nitrogen and oxygen atoms in total. The zero-order chi connectivity index (χ0) is 12.6. The van der Waals surface area contributed by atoms with Crippen molar-refractivity contribution < 1.29 is 14.3 Å². The van der Waals surface area contributed by atoms with Crippen molar-refractivity contribution in [1.82, 2.24) is 9.78 Å². The lowest BCUT2D eigenvalue weighted by Crippen LogP contribution is -1.99. The summed E-state index contributed by atoms with van der Waals surface area (Å²) in [6.07, 6.45) is 0. The SMILES string of the molecule is Cn1nc(C(=O)O)cc1-c1ccc(F)c(Cl)c1. The highest BCUT2D eigenvalue weighted by atomic mass is 35.5. The number of aryl methyl sites for hydroxylation is 1. The number of hydrogen-bond acceptors (Lipinski definition) is 2. The number of aromatic carboxylic acids is 1. The maximum absolute atomic E-state index is 13.0. The predicted molar refractivity (Wildman–Crippen MR) is 60.6 cm³/mol. The Morgan fingerprint density at radius 1 is 1.47 bits per heavy atom. The number of aromatic nitrogens is 2. The van der Waals surface area contributed by atoms with Crippen molar-refractivity contribution in [2.24, 2.45) is 7.05 Å². The average molecular weight is 255 g/mol. The van der Waals surface area contributed by atoms with E-state index in [4.69, 9.17) is 16.7 Å². The van der Waals surface area contributed by atoms with E-state index in [9.17, 15) is 9.18 Å². The van der Waals surface area contributed by atoms with E-state index in [0.717, 1.165) is 0 Å². The molecule has 0 saturated heterocycles. The number of hydrogen-bond donors (Lipinski definition) is 1. The summed E-state index contributed by atoms with van der Waals surface area (Å²) >= 11 is 5.66. The molecule has 0 bridgehead atoms. The van der Waals surface area contributed by atoms with Gasteiger partial charge in [-0.05, 0) is 24.3 Å². The Balaban J connectivity index is 2.52. The molecule has 2 rings (SSSR count). The summed E-state index contributed by atoms with van der Waals surface area (Å²) in [7, 11) is 1.61. The fourth-order valence-electron chi connectivity index (χ4n) is 1.50. The number of nitrogens with zero attached hydrogens (tertiary/aromatic N) is 2. The summed E-state index contributed by atoms with van der Waals surface area (Å²) in [5.74, 6) is -1.63. The molecule has 17 heavy (non-hydrogen) atoms. The summed E-state index contributed by atoms with van der Waals surface area (Å²) in [4.78, 5) is 10.8. The molecule has 0 unspecified atom stereocenters. The molecule has 6 heteroatoms. The Kier molecular flexibility index (Phi) is 2.85. The lowest BCUT2D eigenvalue weighted by molar-refractivity contribution is 0.0689. The molecule has 0 fully saturated rings. The van der Waals surface area contributed by atoms with Gasteiger partial charge in [0.25, 0.3) is 0 Å². The van der Waals surface area contributed by atoms with Gasteiger partial charge in [0.1, 0.15) is 5.82 Å². The lowest BCUT2D eigenvalue weighted by atomic mass is 10.1. The molecule has 0 aliphatic heterocycles. The number of carbonyl (C=O) groups is 1. The molecule has 1 N–H and O–H groups in total. The summed E-state index contributed by atoms with van der Waals surface area (Å²) in [6.45, 7) is 0. The third-order valence-corrected chi connectivity index (χ3v) is 2.60. The molecule has 1 aromatic heterocycles. The van der Waals surface area contributed by atoms with E-state index >= 15 is 0 Å². The van der Waals surface area contributed by atoms with Gasteiger partial charge in [0.15, 0.2) is 5.69 Å². The quantitative estimate of drug-likeness (QED) is 0.896. The lowest BCUT2D eigenvalue weighted by Gasteiger charge is -2.02. The van der Waals surface area contributed by atoms with Crippen LogP contribution >= 0.6 is 11.6 Å². The second kappa shape index (κ2) is 4.18. The maximum Gasteiger partial charge on any atom is 0.356 e. The van der Waals surface area contributed by atoms with Crippen molar-refractivity contribution in [1.29, 1.82) is 0 Å². The van der Waals surface area contributed by atoms with Gasteiger partial charge in [-0.3, -0.25) is 4.68 Å². The Morgan fingerprint density at radius 2 is 2.18 bits per heavy atom. The van der Waals surface area contributed by atoms with Crippen LogP contribution in [0.2, 0.25) is 5.02 Å². The first-order valence-corrected chi connectivity index (χ1v) is 5.09. The fraction of sp³-hybridized carbons (Fsp3) is 0.0909. The largest absolute Gasteiger partial charge is 0.476 e. The molecule has 0 radical (unpaired) electrons. The highest BCUT2D eigenvalue weighted by molar-refractivity contribution is 6.31. The van der Waals surface area contributed by atoms with E-state index < -0.39 is 11.8 Å². The monoisotopic (exact) mass is 254 g/mol. The van der Waals surface area contributed by atoms with E-state index in [1.165, 1.54) is 28.9 Å². The molecular formula is C11H8ClFN2O2. The van der Waals surface area contributed by atoms with Crippen molar-refractivity contribution in [2.75, 3.05) is 0 Å². The van der Waals surface area contributed by atoms with Gasteiger partial charge in [-0.25, -0.2) is 9.18 Å². The molecule has 0 amide bonds. The van der Waals surface area contributed by atoms with Crippen LogP contribution in [-0.2, 0) is 7.05 Å². The minimum atomic E-state index is -1.11. The first-order chi connectivity index (χ1) is 7.99. The van der Waals surface area contributed by atoms with Crippen LogP contribution < -0.4 is 0 Å². The molecule has 0 aliphatic rings. The van der Waals surface area contributed by atoms with Crippen LogP contribution in [-0.4, -0.2) is 20.9 Å². The summed E-state index contributed by atoms with van der Waals surface area (Å²) in [6, 6.07) is 5.58. The standard InChI is InChI=1S/C11H8ClFN2O2/c1-15-10(5-9(14-15)11(16)17)6-2-3-8(13)7(12)4-6/h2-5H,1H3,(H,16,17). The molecule has 0 saturated carbocycles. The van der Waals surface area contributed by atoms with Crippen molar-refractivity contribution in [3.05, 3.63) is 40.8 Å². The molecule has 0 spiro atoms. The number of carboxylic acids is 1. The van der Waals surface area contributed by atoms with Crippen LogP contribution in [0.15, 0.2) is 24.3 Å². The van der Waals surface area contributed by atoms with E-state index in [-0.39, 0.29) is 10.7 Å². The molecular weight excluding hydrogens is 247 g/mol. The Hall–Kier alpha value is -1.88. The smallest absolute Gasteiger partial charge is 0.356 e. The van der Waals surface area contributed by atoms with Crippen LogP contribution in [0.4, 0.5) is 4.39 Å². The Labute approximate surface area is 101 Å². The van der Waals surface area contributed by atoms with Gasteiger partial charge >= 0.3 is 5.97 Å². The molecule has 2 aromatic rings. The third kappa shape index (κ3) is 2.14. The number of benzene rings is 1. The van der Waals surface area contributed by atoms with Crippen LogP contribution in [0.3, 0.4) is 0 Å². The van der Waals surface area contributed by atoms with E-state index in [1.807, 2.05) is 0 Å². The van der Waals surface area contributed by atoms with E-state index in [0.29, 0.717) is 11.3 Å². The third-order valence-electron chi connectivity index (χ3n) is 2.31. The maximum atomic E-state index is 13.0. The first-order valence-electron chi connectivity index (χ1n) is 4.72. The normalized spacial score (nSPS) is 10.5. The number of halogens is 2. The highest BCUT2D eigenvalue weighted by Gasteiger charge is 2.13. The van der Waals surface area contributed by atoms with Gasteiger partial charge in [-0.15, -0.1) is 0 Å². The van der Waals surface area contributed by atoms with Crippen molar-refractivity contribution >= 4 is 17.6 Å².